The summed E-state index contributed by atoms with van der Waals surface area (Å²) in [5, 5.41) is 6.65. The molecule has 1 fully saturated rings. The summed E-state index contributed by atoms with van der Waals surface area (Å²) in [5.41, 5.74) is 1.25. The van der Waals surface area contributed by atoms with Crippen LogP contribution in [0.25, 0.3) is 11.4 Å². The third-order valence-corrected chi connectivity index (χ3v) is 9.83. The molecule has 4 heterocycles. The van der Waals surface area contributed by atoms with E-state index < -0.39 is 29.7 Å². The fourth-order valence-corrected chi connectivity index (χ4v) is 6.96. The summed E-state index contributed by atoms with van der Waals surface area (Å²) in [6.45, 7) is 2.79. The molecule has 0 bridgehead atoms. The molecule has 2 aromatic carbocycles. The number of hydrogen-bond acceptors (Lipinski definition) is 9. The number of nitrogens with one attached hydrogen (secondary N) is 1. The maximum Gasteiger partial charge on any atom is 0.416 e. The van der Waals surface area contributed by atoms with E-state index in [-0.39, 0.29) is 78.7 Å². The van der Waals surface area contributed by atoms with Gasteiger partial charge >= 0.3 is 6.18 Å². The Morgan fingerprint density at radius 1 is 1.07 bits per heavy atom. The van der Waals surface area contributed by atoms with Gasteiger partial charge in [0, 0.05) is 26.2 Å². The number of halogens is 4. The number of anilines is 2. The van der Waals surface area contributed by atoms with Crippen molar-refractivity contribution in [3.63, 3.8) is 0 Å². The Morgan fingerprint density at radius 3 is 2.51 bits per heavy atom. The van der Waals surface area contributed by atoms with Gasteiger partial charge in [0.25, 0.3) is 11.5 Å². The lowest BCUT2D eigenvalue weighted by Crippen LogP contribution is -2.51. The highest BCUT2D eigenvalue weighted by atomic mass is 35.5. The zero-order valence-corrected chi connectivity index (χ0v) is 30.7. The Bertz CT molecular complexity index is 2400. The normalized spacial score (nSPS) is 15.5. The van der Waals surface area contributed by atoms with Crippen LogP contribution in [0.5, 0.6) is 5.75 Å². The van der Waals surface area contributed by atoms with Crippen molar-refractivity contribution in [2.24, 2.45) is 0 Å². The maximum atomic E-state index is 14.3. The highest BCUT2D eigenvalue weighted by Crippen LogP contribution is 2.34. The SMILES string of the molecule is [2H]C(C(=O)Nc1ccc(C(F)(F)F)cc1Cl)n1c(CC)c(N2CCN(C(=O)c3ncnc(C)c3OCc3ccccc3)CC2)c(=O)n2nc(C3=CCCC3)nc12. The molecule has 1 saturated heterocycles. The second-order valence-electron chi connectivity index (χ2n) is 13.1. The molecule has 1 aliphatic heterocycles. The van der Waals surface area contributed by atoms with E-state index in [2.05, 4.69) is 25.4 Å². The standard InChI is InChI=1S/C38H37ClF3N9O4/c1-3-29-32(48-15-17-49(18-16-48)35(53)31-33(23(2)43-22-44-31)55-21-24-9-5-4-6-10-24)36(54)51-37(46-34(47-51)25-11-7-8-12-25)50(29)20-30(52)45-28-14-13-26(19-27(28)39)38(40,41)42/h4-6,9-11,13-14,19,22H,3,7-8,12,15-18,20-21H2,1-2H3,(H,45,52)/i20D. The van der Waals surface area contributed by atoms with Crippen LogP contribution in [-0.2, 0) is 30.5 Å². The lowest BCUT2D eigenvalue weighted by molar-refractivity contribution is -0.137. The Morgan fingerprint density at radius 2 is 1.84 bits per heavy atom. The molecule has 0 radical (unpaired) electrons. The quantitative estimate of drug-likeness (QED) is 0.182. The van der Waals surface area contributed by atoms with Crippen LogP contribution in [0.2, 0.25) is 5.02 Å². The molecular formula is C38H37ClF3N9O4. The summed E-state index contributed by atoms with van der Waals surface area (Å²) in [7, 11) is 0. The lowest BCUT2D eigenvalue weighted by Gasteiger charge is -2.36. The molecule has 17 heteroatoms. The lowest BCUT2D eigenvalue weighted by atomic mass is 10.2. The van der Waals surface area contributed by atoms with Crippen LogP contribution < -0.4 is 20.5 Å². The van der Waals surface area contributed by atoms with E-state index in [4.69, 9.17) is 17.7 Å². The van der Waals surface area contributed by atoms with Crippen molar-refractivity contribution in [2.45, 2.75) is 58.8 Å². The van der Waals surface area contributed by atoms with Crippen molar-refractivity contribution in [3.05, 3.63) is 110 Å². The maximum absolute atomic E-state index is 14.3. The zero-order valence-electron chi connectivity index (χ0n) is 30.9. The Kier molecular flexibility index (Phi) is 10.2. The number of aryl methyl sites for hydroxylation is 1. The largest absolute Gasteiger partial charge is 0.485 e. The molecule has 5 aromatic rings. The van der Waals surface area contributed by atoms with E-state index in [9.17, 15) is 27.6 Å². The number of benzene rings is 2. The molecule has 1 N–H and O–H groups in total. The van der Waals surface area contributed by atoms with Crippen molar-refractivity contribution < 1.29 is 28.9 Å². The average Bonchev–Trinajstić information content (AvgIpc) is 3.89. The molecule has 286 valence electrons. The van der Waals surface area contributed by atoms with Crippen molar-refractivity contribution >= 4 is 46.1 Å². The number of rotatable bonds is 10. The van der Waals surface area contributed by atoms with Crippen LogP contribution in [0.15, 0.2) is 65.7 Å². The monoisotopic (exact) mass is 776 g/mol. The second kappa shape index (κ2) is 15.5. The molecule has 1 unspecified atom stereocenters. The van der Waals surface area contributed by atoms with E-state index in [1.54, 1.807) is 23.6 Å². The van der Waals surface area contributed by atoms with Crippen LogP contribution in [0, 0.1) is 6.92 Å². The second-order valence-corrected chi connectivity index (χ2v) is 13.5. The zero-order chi connectivity index (χ0) is 39.7. The molecule has 55 heavy (non-hydrogen) atoms. The van der Waals surface area contributed by atoms with Gasteiger partial charge in [-0.15, -0.1) is 5.10 Å². The molecular weight excluding hydrogens is 739 g/mol. The first kappa shape index (κ1) is 36.2. The number of piperazine rings is 1. The third-order valence-electron chi connectivity index (χ3n) is 9.52. The number of carbonyl (C=O) groups excluding carboxylic acids is 2. The summed E-state index contributed by atoms with van der Waals surface area (Å²) in [6, 6.07) is 12.0. The number of ether oxygens (including phenoxy) is 1. The predicted octanol–water partition coefficient (Wildman–Crippen LogP) is 5.97. The molecule has 13 nitrogen and oxygen atoms in total. The van der Waals surface area contributed by atoms with Crippen LogP contribution in [0.4, 0.5) is 24.5 Å². The van der Waals surface area contributed by atoms with Crippen LogP contribution in [0.1, 0.15) is 66.4 Å². The first-order valence-electron chi connectivity index (χ1n) is 18.3. The summed E-state index contributed by atoms with van der Waals surface area (Å²) >= 11 is 6.13. The summed E-state index contributed by atoms with van der Waals surface area (Å²) in [6.07, 6.45) is 1.23. The van der Waals surface area contributed by atoms with Crippen LogP contribution in [0.3, 0.4) is 0 Å². The van der Waals surface area contributed by atoms with Crippen LogP contribution >= 0.6 is 11.6 Å². The molecule has 2 aliphatic rings. The molecule has 1 atom stereocenters. The smallest absolute Gasteiger partial charge is 0.416 e. The first-order valence-corrected chi connectivity index (χ1v) is 18.1. The number of aromatic nitrogens is 6. The Balaban J connectivity index is 1.19. The van der Waals surface area contributed by atoms with Gasteiger partial charge in [0.05, 0.1) is 29.0 Å². The number of hydrogen-bond donors (Lipinski definition) is 1. The van der Waals surface area contributed by atoms with Crippen molar-refractivity contribution in [1.29, 1.82) is 0 Å². The highest BCUT2D eigenvalue weighted by Gasteiger charge is 2.33. The highest BCUT2D eigenvalue weighted by molar-refractivity contribution is 6.33. The molecule has 2 amide bonds. The summed E-state index contributed by atoms with van der Waals surface area (Å²) < 4.78 is 57.4. The third kappa shape index (κ3) is 7.76. The Labute approximate surface area is 319 Å². The van der Waals surface area contributed by atoms with Gasteiger partial charge in [-0.1, -0.05) is 54.9 Å². The predicted molar refractivity (Wildman–Crippen MR) is 199 cm³/mol. The van der Waals surface area contributed by atoms with Gasteiger partial charge in [0.15, 0.2) is 17.3 Å². The molecule has 1 aliphatic carbocycles. The number of allylic oxidation sites excluding steroid dienone is 2. The molecule has 3 aromatic heterocycles. The minimum Gasteiger partial charge on any atom is -0.485 e. The molecule has 0 spiro atoms. The van der Waals surface area contributed by atoms with Crippen molar-refractivity contribution in [2.75, 3.05) is 36.4 Å². The van der Waals surface area contributed by atoms with E-state index in [0.717, 1.165) is 40.6 Å². The fraction of sp³-hybridized carbons (Fsp3) is 0.342. The van der Waals surface area contributed by atoms with Crippen LogP contribution in [-0.4, -0.2) is 72.0 Å². The number of carbonyl (C=O) groups is 2. The van der Waals surface area contributed by atoms with Gasteiger partial charge in [-0.05, 0) is 61.9 Å². The van der Waals surface area contributed by atoms with E-state index in [1.807, 2.05) is 36.4 Å². The van der Waals surface area contributed by atoms with Gasteiger partial charge in [-0.3, -0.25) is 14.4 Å². The van der Waals surface area contributed by atoms with Gasteiger partial charge in [0.2, 0.25) is 11.7 Å². The van der Waals surface area contributed by atoms with Crippen molar-refractivity contribution in [1.82, 2.24) is 34.0 Å². The summed E-state index contributed by atoms with van der Waals surface area (Å²) in [4.78, 5) is 58.5. The van der Waals surface area contributed by atoms with Gasteiger partial charge in [-0.25, -0.2) is 9.97 Å². The van der Waals surface area contributed by atoms with Gasteiger partial charge in [-0.2, -0.15) is 22.7 Å². The number of fused-ring (bicyclic) bond motifs is 1. The van der Waals surface area contributed by atoms with Crippen molar-refractivity contribution in [3.8, 4) is 5.75 Å². The number of alkyl halides is 3. The number of nitrogens with zero attached hydrogens (tertiary/aromatic N) is 8. The fourth-order valence-electron chi connectivity index (χ4n) is 6.73. The molecule has 0 saturated carbocycles. The van der Waals surface area contributed by atoms with Gasteiger partial charge < -0.3 is 24.4 Å². The van der Waals surface area contributed by atoms with E-state index >= 15 is 0 Å². The summed E-state index contributed by atoms with van der Waals surface area (Å²) in [5.74, 6) is -0.752. The first-order chi connectivity index (χ1) is 26.8. The van der Waals surface area contributed by atoms with E-state index in [1.165, 1.54) is 10.9 Å². The average molecular weight is 777 g/mol. The topological polar surface area (TPSA) is 140 Å². The Hall–Kier alpha value is -5.77. The number of amides is 2. The molecule has 7 rings (SSSR count). The minimum absolute atomic E-state index is 0.0388. The minimum atomic E-state index is -4.65. The van der Waals surface area contributed by atoms with Gasteiger partial charge in [0.1, 0.15) is 25.1 Å². The van der Waals surface area contributed by atoms with E-state index in [0.29, 0.717) is 29.7 Å².